The van der Waals surface area contributed by atoms with Gasteiger partial charge < -0.3 is 30.2 Å². The second-order valence-electron chi connectivity index (χ2n) is 6.10. The van der Waals surface area contributed by atoms with Crippen LogP contribution in [0.5, 0.6) is 5.75 Å². The van der Waals surface area contributed by atoms with Gasteiger partial charge in [0.1, 0.15) is 5.75 Å². The van der Waals surface area contributed by atoms with Gasteiger partial charge in [0.25, 0.3) is 6.47 Å². The molecule has 1 aromatic carbocycles. The van der Waals surface area contributed by atoms with Crippen LogP contribution < -0.4 is 20.7 Å². The van der Waals surface area contributed by atoms with E-state index >= 15 is 0 Å². The number of nitrogens with zero attached hydrogens (tertiary/aromatic N) is 1. The van der Waals surface area contributed by atoms with E-state index in [4.69, 9.17) is 19.9 Å². The minimum atomic E-state index is -0.411. The van der Waals surface area contributed by atoms with Crippen LogP contribution in [0, 0.1) is 0 Å². The van der Waals surface area contributed by atoms with E-state index in [-0.39, 0.29) is 0 Å². The molecular formula is C20H31N3O5. The number of ether oxygens (including phenoxy) is 3. The minimum Gasteiger partial charge on any atom is -0.495 e. The minimum absolute atomic E-state index is 0.354. The van der Waals surface area contributed by atoms with Crippen LogP contribution in [-0.2, 0) is 19.1 Å². The van der Waals surface area contributed by atoms with Crippen molar-refractivity contribution in [1.29, 1.82) is 0 Å². The Morgan fingerprint density at radius 2 is 1.89 bits per heavy atom. The smallest absolute Gasteiger partial charge is 0.330 e. The highest BCUT2D eigenvalue weighted by Crippen LogP contribution is 2.36. The van der Waals surface area contributed by atoms with E-state index < -0.39 is 5.97 Å². The average Bonchev–Trinajstić information content (AvgIpc) is 2.71. The van der Waals surface area contributed by atoms with Gasteiger partial charge in [0.2, 0.25) is 0 Å². The highest BCUT2D eigenvalue weighted by Gasteiger charge is 2.15. The monoisotopic (exact) mass is 393 g/mol. The number of benzene rings is 1. The van der Waals surface area contributed by atoms with Crippen molar-refractivity contribution in [2.24, 2.45) is 0 Å². The second-order valence-corrected chi connectivity index (χ2v) is 6.10. The molecule has 0 aliphatic carbocycles. The number of nitrogens with one attached hydrogen (secondary N) is 1. The largest absolute Gasteiger partial charge is 0.495 e. The number of nitrogen functional groups attached to an aromatic ring is 1. The summed E-state index contributed by atoms with van der Waals surface area (Å²) in [6, 6.07) is 3.77. The van der Waals surface area contributed by atoms with E-state index in [9.17, 15) is 9.59 Å². The van der Waals surface area contributed by atoms with Crippen LogP contribution in [-0.4, -0.2) is 52.9 Å². The fourth-order valence-corrected chi connectivity index (χ4v) is 2.74. The van der Waals surface area contributed by atoms with Crippen molar-refractivity contribution in [3.8, 4) is 5.75 Å². The molecule has 0 spiro atoms. The van der Waals surface area contributed by atoms with Gasteiger partial charge in [-0.25, -0.2) is 4.79 Å². The Hall–Kier alpha value is -2.90. The fourth-order valence-electron chi connectivity index (χ4n) is 2.74. The first-order valence-corrected chi connectivity index (χ1v) is 9.32. The fraction of sp³-hybridized carbons (Fsp3) is 0.500. The van der Waals surface area contributed by atoms with Crippen molar-refractivity contribution in [2.45, 2.75) is 25.7 Å². The van der Waals surface area contributed by atoms with Crippen LogP contribution in [0.2, 0.25) is 0 Å². The van der Waals surface area contributed by atoms with Crippen LogP contribution in [0.25, 0.3) is 0 Å². The zero-order valence-electron chi connectivity index (χ0n) is 16.7. The number of rotatable bonds is 15. The quantitative estimate of drug-likeness (QED) is 0.154. The van der Waals surface area contributed by atoms with Gasteiger partial charge in [-0.1, -0.05) is 6.58 Å². The van der Waals surface area contributed by atoms with Gasteiger partial charge in [0.15, 0.2) is 0 Å². The summed E-state index contributed by atoms with van der Waals surface area (Å²) in [5.41, 5.74) is 8.41. The van der Waals surface area contributed by atoms with Gasteiger partial charge in [0.05, 0.1) is 37.4 Å². The summed E-state index contributed by atoms with van der Waals surface area (Å²) >= 11 is 0. The maximum Gasteiger partial charge on any atom is 0.330 e. The first kappa shape index (κ1) is 23.1. The van der Waals surface area contributed by atoms with E-state index in [1.54, 1.807) is 13.2 Å². The number of nitrogens with two attached hydrogens (primary N) is 1. The van der Waals surface area contributed by atoms with Crippen molar-refractivity contribution < 1.29 is 23.8 Å². The summed E-state index contributed by atoms with van der Waals surface area (Å²) in [6.45, 7) is 6.11. The first-order chi connectivity index (χ1) is 13.6. The molecule has 156 valence electrons. The molecule has 0 aliphatic rings. The molecule has 1 rings (SSSR count). The molecule has 0 saturated carbocycles. The van der Waals surface area contributed by atoms with E-state index in [1.807, 2.05) is 13.1 Å². The Morgan fingerprint density at radius 3 is 2.46 bits per heavy atom. The number of anilines is 3. The molecule has 8 nitrogen and oxygen atoms in total. The molecule has 1 aromatic rings. The van der Waals surface area contributed by atoms with Crippen LogP contribution >= 0.6 is 0 Å². The molecule has 0 amide bonds. The number of esters is 1. The predicted octanol–water partition coefficient (Wildman–Crippen LogP) is 2.59. The summed E-state index contributed by atoms with van der Waals surface area (Å²) < 4.78 is 15.3. The molecule has 0 unspecified atom stereocenters. The van der Waals surface area contributed by atoms with E-state index in [0.29, 0.717) is 31.1 Å². The lowest BCUT2D eigenvalue weighted by Crippen LogP contribution is -2.27. The van der Waals surface area contributed by atoms with Gasteiger partial charge in [-0.15, -0.1) is 0 Å². The molecule has 0 aromatic heterocycles. The SMILES string of the molecule is C=CC(=O)OCCCCN(CCCCOC=O)c1cc(NC)c(N)cc1OC. The molecule has 0 fully saturated rings. The van der Waals surface area contributed by atoms with Crippen molar-refractivity contribution in [3.63, 3.8) is 0 Å². The maximum absolute atomic E-state index is 11.1. The molecule has 0 heterocycles. The van der Waals surface area contributed by atoms with E-state index in [1.165, 1.54) is 0 Å². The number of carbonyl (C=O) groups excluding carboxylic acids is 2. The summed E-state index contributed by atoms with van der Waals surface area (Å²) in [5, 5.41) is 3.09. The third-order valence-electron chi connectivity index (χ3n) is 4.20. The third-order valence-corrected chi connectivity index (χ3v) is 4.20. The normalized spacial score (nSPS) is 10.1. The lowest BCUT2D eigenvalue weighted by Gasteiger charge is -2.27. The summed E-state index contributed by atoms with van der Waals surface area (Å²) in [7, 11) is 3.43. The molecule has 28 heavy (non-hydrogen) atoms. The summed E-state index contributed by atoms with van der Waals surface area (Å²) in [4.78, 5) is 23.6. The van der Waals surface area contributed by atoms with Gasteiger partial charge in [-0.05, 0) is 31.7 Å². The van der Waals surface area contributed by atoms with Crippen LogP contribution in [0.4, 0.5) is 17.1 Å². The number of unbranched alkanes of at least 4 members (excludes halogenated alkanes) is 2. The van der Waals surface area contributed by atoms with Crippen molar-refractivity contribution in [1.82, 2.24) is 0 Å². The zero-order chi connectivity index (χ0) is 20.8. The number of hydrogen-bond acceptors (Lipinski definition) is 8. The van der Waals surface area contributed by atoms with Gasteiger partial charge >= 0.3 is 5.97 Å². The molecule has 0 bridgehead atoms. The second kappa shape index (κ2) is 13.3. The number of methoxy groups -OCH3 is 1. The van der Waals surface area contributed by atoms with Crippen molar-refractivity contribution >= 4 is 29.5 Å². The van der Waals surface area contributed by atoms with Crippen LogP contribution in [0.1, 0.15) is 25.7 Å². The highest BCUT2D eigenvalue weighted by atomic mass is 16.5. The van der Waals surface area contributed by atoms with Gasteiger partial charge in [0, 0.05) is 32.3 Å². The molecule has 0 atom stereocenters. The third kappa shape index (κ3) is 7.77. The Bertz CT molecular complexity index is 637. The van der Waals surface area contributed by atoms with Gasteiger partial charge in [-0.3, -0.25) is 4.79 Å². The molecule has 8 heteroatoms. The highest BCUT2D eigenvalue weighted by molar-refractivity contribution is 5.81. The molecule has 0 radical (unpaired) electrons. The lowest BCUT2D eigenvalue weighted by molar-refractivity contribution is -0.137. The zero-order valence-corrected chi connectivity index (χ0v) is 16.7. The van der Waals surface area contributed by atoms with Crippen LogP contribution in [0.3, 0.4) is 0 Å². The van der Waals surface area contributed by atoms with E-state index in [0.717, 1.165) is 56.2 Å². The topological polar surface area (TPSA) is 103 Å². The maximum atomic E-state index is 11.1. The molecule has 0 aliphatic heterocycles. The Labute approximate surface area is 166 Å². The lowest BCUT2D eigenvalue weighted by atomic mass is 10.1. The standard InChI is InChI=1S/C20H31N3O5/c1-4-20(25)28-12-8-6-10-23(9-5-7-11-27-15-24)18-14-17(22-2)16(21)13-19(18)26-3/h4,13-15,22H,1,5-12,21H2,2-3H3. The molecule has 3 N–H and O–H groups in total. The van der Waals surface area contributed by atoms with Crippen LogP contribution in [0.15, 0.2) is 24.8 Å². The molecule has 0 saturated heterocycles. The Morgan fingerprint density at radius 1 is 1.21 bits per heavy atom. The van der Waals surface area contributed by atoms with Crippen molar-refractivity contribution in [2.75, 3.05) is 56.4 Å². The number of carbonyl (C=O) groups is 2. The first-order valence-electron chi connectivity index (χ1n) is 9.32. The number of hydrogen-bond donors (Lipinski definition) is 2. The summed E-state index contributed by atoms with van der Waals surface area (Å²) in [6.07, 6.45) is 4.34. The Balaban J connectivity index is 2.80. The van der Waals surface area contributed by atoms with Crippen molar-refractivity contribution in [3.05, 3.63) is 24.8 Å². The summed E-state index contributed by atoms with van der Waals surface area (Å²) in [5.74, 6) is 0.282. The average molecular weight is 393 g/mol. The Kier molecular flexibility index (Phi) is 11.0. The van der Waals surface area contributed by atoms with E-state index in [2.05, 4.69) is 16.8 Å². The van der Waals surface area contributed by atoms with Gasteiger partial charge in [-0.2, -0.15) is 0 Å². The molecular weight excluding hydrogens is 362 g/mol. The predicted molar refractivity (Wildman–Crippen MR) is 111 cm³/mol.